The minimum absolute atomic E-state index is 0.264. The Kier molecular flexibility index (Phi) is 6.16. The number of benzene rings is 2. The van der Waals surface area contributed by atoms with E-state index in [1.807, 2.05) is 0 Å². The van der Waals surface area contributed by atoms with Gasteiger partial charge in [0.1, 0.15) is 5.75 Å². The number of aliphatic hydroxyl groups excluding tert-OH is 1. The number of rotatable bonds is 6. The van der Waals surface area contributed by atoms with Gasteiger partial charge in [-0.15, -0.1) is 0 Å². The third-order valence-corrected chi connectivity index (χ3v) is 4.14. The second-order valence-electron chi connectivity index (χ2n) is 5.18. The predicted octanol–water partition coefficient (Wildman–Crippen LogP) is 4.96. The quantitative estimate of drug-likeness (QED) is 0.677. The Balaban J connectivity index is 2.14. The minimum atomic E-state index is -4.60. The normalized spacial score (nSPS) is 14.4. The monoisotopic (exact) mass is 397 g/mol. The van der Waals surface area contributed by atoms with Crippen LogP contribution < -0.4 is 10.5 Å². The van der Waals surface area contributed by atoms with E-state index in [1.54, 1.807) is 6.07 Å². The Hall–Kier alpha value is -1.54. The number of halogens is 6. The highest BCUT2D eigenvalue weighted by Gasteiger charge is 2.43. The molecule has 9 heteroatoms. The third kappa shape index (κ3) is 4.76. The molecule has 3 nitrogen and oxygen atoms in total. The van der Waals surface area contributed by atoms with Crippen molar-refractivity contribution in [3.8, 4) is 5.75 Å². The van der Waals surface area contributed by atoms with Crippen molar-refractivity contribution in [2.75, 3.05) is 0 Å². The zero-order valence-corrected chi connectivity index (χ0v) is 14.0. The first-order chi connectivity index (χ1) is 11.6. The van der Waals surface area contributed by atoms with Gasteiger partial charge >= 0.3 is 12.5 Å². The smallest absolute Gasteiger partial charge is 0.428 e. The second kappa shape index (κ2) is 7.78. The molecule has 0 aliphatic carbocycles. The zero-order chi connectivity index (χ0) is 18.8. The summed E-state index contributed by atoms with van der Waals surface area (Å²) in [4.78, 5) is 0. The fourth-order valence-electron chi connectivity index (χ4n) is 2.04. The first kappa shape index (κ1) is 19.8. The first-order valence-corrected chi connectivity index (χ1v) is 7.71. The first-order valence-electron chi connectivity index (χ1n) is 6.95. The van der Waals surface area contributed by atoms with Gasteiger partial charge in [-0.25, -0.2) is 0 Å². The largest absolute Gasteiger partial charge is 0.461 e. The van der Waals surface area contributed by atoms with Crippen LogP contribution in [0, 0.1) is 0 Å². The maximum Gasteiger partial charge on any atom is 0.461 e. The maximum absolute atomic E-state index is 12.8. The zero-order valence-electron chi connectivity index (χ0n) is 12.5. The van der Waals surface area contributed by atoms with E-state index >= 15 is 0 Å². The van der Waals surface area contributed by atoms with Crippen LogP contribution in [-0.4, -0.2) is 17.6 Å². The van der Waals surface area contributed by atoms with Crippen LogP contribution in [0.4, 0.5) is 17.6 Å². The Labute approximate surface area is 150 Å². The fourth-order valence-corrected chi connectivity index (χ4v) is 2.35. The van der Waals surface area contributed by atoms with Crippen molar-refractivity contribution in [2.24, 2.45) is 5.73 Å². The van der Waals surface area contributed by atoms with Crippen LogP contribution in [0.3, 0.4) is 0 Å². The molecule has 25 heavy (non-hydrogen) atoms. The topological polar surface area (TPSA) is 55.5 Å². The van der Waals surface area contributed by atoms with Crippen molar-refractivity contribution in [1.29, 1.82) is 0 Å². The van der Waals surface area contributed by atoms with Gasteiger partial charge in [-0.1, -0.05) is 41.4 Å². The van der Waals surface area contributed by atoms with Crippen LogP contribution in [0.25, 0.3) is 0 Å². The van der Waals surface area contributed by atoms with Gasteiger partial charge in [0.15, 0.2) is 0 Å². The Bertz CT molecular complexity index is 729. The van der Waals surface area contributed by atoms with Crippen LogP contribution in [0.2, 0.25) is 10.0 Å². The van der Waals surface area contributed by atoms with Crippen LogP contribution >= 0.6 is 23.2 Å². The molecule has 0 unspecified atom stereocenters. The summed E-state index contributed by atoms with van der Waals surface area (Å²) in [6.45, 7) is 0. The SMILES string of the molecule is N[C@H](c1ccc(Cl)c(Cl)c1)[C@@H](O)c1ccc(OC(F)(F)C(F)F)cc1. The van der Waals surface area contributed by atoms with Crippen LogP contribution in [0.1, 0.15) is 23.3 Å². The second-order valence-corrected chi connectivity index (χ2v) is 5.99. The summed E-state index contributed by atoms with van der Waals surface area (Å²) in [7, 11) is 0. The van der Waals surface area contributed by atoms with Crippen LogP contribution in [0.5, 0.6) is 5.75 Å². The molecule has 0 saturated heterocycles. The van der Waals surface area contributed by atoms with Gasteiger partial charge in [-0.05, 0) is 35.4 Å². The fraction of sp³-hybridized carbons (Fsp3) is 0.250. The molecule has 2 aromatic rings. The van der Waals surface area contributed by atoms with Crippen molar-refractivity contribution in [3.05, 3.63) is 63.6 Å². The molecule has 0 aromatic heterocycles. The summed E-state index contributed by atoms with van der Waals surface area (Å²) in [5.74, 6) is -0.468. The Morgan fingerprint density at radius 3 is 2.04 bits per heavy atom. The molecule has 0 aliphatic heterocycles. The number of ether oxygens (including phenoxy) is 1. The predicted molar refractivity (Wildman–Crippen MR) is 86.4 cm³/mol. The molecule has 0 saturated carbocycles. The Morgan fingerprint density at radius 1 is 0.960 bits per heavy atom. The maximum atomic E-state index is 12.8. The summed E-state index contributed by atoms with van der Waals surface area (Å²) in [5, 5.41) is 10.9. The number of aliphatic hydroxyl groups is 1. The highest BCUT2D eigenvalue weighted by Crippen LogP contribution is 2.33. The Morgan fingerprint density at radius 2 is 1.52 bits per heavy atom. The van der Waals surface area contributed by atoms with Gasteiger partial charge < -0.3 is 15.6 Å². The van der Waals surface area contributed by atoms with Crippen LogP contribution in [0.15, 0.2) is 42.5 Å². The van der Waals surface area contributed by atoms with Gasteiger partial charge in [0.05, 0.1) is 22.2 Å². The number of hydrogen-bond acceptors (Lipinski definition) is 3. The summed E-state index contributed by atoms with van der Waals surface area (Å²) in [6, 6.07) is 8.31. The lowest BCUT2D eigenvalue weighted by Crippen LogP contribution is -2.33. The molecule has 0 aliphatic rings. The lowest BCUT2D eigenvalue weighted by atomic mass is 9.96. The molecule has 0 bridgehead atoms. The van der Waals surface area contributed by atoms with Gasteiger partial charge in [-0.2, -0.15) is 17.6 Å². The van der Waals surface area contributed by atoms with Crippen molar-refractivity contribution >= 4 is 23.2 Å². The van der Waals surface area contributed by atoms with Gasteiger partial charge in [-0.3, -0.25) is 0 Å². The molecule has 2 aromatic carbocycles. The minimum Gasteiger partial charge on any atom is -0.428 e. The van der Waals surface area contributed by atoms with Gasteiger partial charge in [0, 0.05) is 0 Å². The van der Waals surface area contributed by atoms with E-state index < -0.39 is 30.4 Å². The molecule has 0 heterocycles. The average Bonchev–Trinajstić information content (AvgIpc) is 2.56. The van der Waals surface area contributed by atoms with E-state index in [0.29, 0.717) is 10.6 Å². The third-order valence-electron chi connectivity index (χ3n) is 3.40. The molecule has 2 rings (SSSR count). The van der Waals surface area contributed by atoms with Gasteiger partial charge in [0.2, 0.25) is 0 Å². The molecule has 0 fully saturated rings. The van der Waals surface area contributed by atoms with Crippen LogP contribution in [-0.2, 0) is 0 Å². The molecule has 2 atom stereocenters. The van der Waals surface area contributed by atoms with Crippen molar-refractivity contribution in [1.82, 2.24) is 0 Å². The van der Waals surface area contributed by atoms with E-state index in [0.717, 1.165) is 12.1 Å². The molecule has 0 amide bonds. The van der Waals surface area contributed by atoms with Gasteiger partial charge in [0.25, 0.3) is 0 Å². The number of hydrogen-bond donors (Lipinski definition) is 2. The van der Waals surface area contributed by atoms with E-state index in [2.05, 4.69) is 4.74 Å². The van der Waals surface area contributed by atoms with Crippen molar-refractivity contribution in [3.63, 3.8) is 0 Å². The van der Waals surface area contributed by atoms with E-state index in [4.69, 9.17) is 28.9 Å². The lowest BCUT2D eigenvalue weighted by Gasteiger charge is -2.21. The molecule has 0 spiro atoms. The average molecular weight is 398 g/mol. The summed E-state index contributed by atoms with van der Waals surface area (Å²) in [6.07, 6.45) is -9.75. The lowest BCUT2D eigenvalue weighted by molar-refractivity contribution is -0.253. The molecular weight excluding hydrogens is 385 g/mol. The molecule has 3 N–H and O–H groups in total. The molecule has 0 radical (unpaired) electrons. The van der Waals surface area contributed by atoms with E-state index in [9.17, 15) is 22.7 Å². The molecular formula is C16H13Cl2F4NO2. The highest BCUT2D eigenvalue weighted by atomic mass is 35.5. The summed E-state index contributed by atoms with van der Waals surface area (Å²) >= 11 is 11.7. The van der Waals surface area contributed by atoms with E-state index in [-0.39, 0.29) is 10.6 Å². The summed E-state index contributed by atoms with van der Waals surface area (Å²) in [5.41, 5.74) is 6.76. The molecule has 136 valence electrons. The highest BCUT2D eigenvalue weighted by molar-refractivity contribution is 6.42. The van der Waals surface area contributed by atoms with Crippen molar-refractivity contribution < 1.29 is 27.4 Å². The summed E-state index contributed by atoms with van der Waals surface area (Å²) < 4.78 is 53.9. The standard InChI is InChI=1S/C16H13Cl2F4NO2/c17-11-6-3-9(7-12(11)18)13(23)14(24)8-1-4-10(5-2-8)25-16(21,22)15(19)20/h1-7,13-15,24H,23H2/t13-,14+/m1/s1. The van der Waals surface area contributed by atoms with Crippen molar-refractivity contribution in [2.45, 2.75) is 24.7 Å². The van der Waals surface area contributed by atoms with E-state index in [1.165, 1.54) is 24.3 Å². The number of nitrogens with two attached hydrogens (primary N) is 1. The number of alkyl halides is 4.